The molecule has 4 rings (SSSR count). The first-order valence-corrected chi connectivity index (χ1v) is 9.14. The summed E-state index contributed by atoms with van der Waals surface area (Å²) in [6.45, 7) is 2.02. The number of halogens is 1. The van der Waals surface area contributed by atoms with Crippen LogP contribution >= 0.6 is 22.9 Å². The highest BCUT2D eigenvalue weighted by molar-refractivity contribution is 7.19. The van der Waals surface area contributed by atoms with Gasteiger partial charge in [0.15, 0.2) is 11.3 Å². The van der Waals surface area contributed by atoms with Crippen molar-refractivity contribution >= 4 is 28.5 Å². The van der Waals surface area contributed by atoms with E-state index in [-0.39, 0.29) is 5.56 Å². The van der Waals surface area contributed by atoms with Crippen LogP contribution in [-0.4, -0.2) is 19.6 Å². The number of aromatic nitrogens is 4. The minimum absolute atomic E-state index is 0.131. The molecule has 0 saturated heterocycles. The zero-order chi connectivity index (χ0) is 16.0. The van der Waals surface area contributed by atoms with E-state index < -0.39 is 0 Å². The molecule has 23 heavy (non-hydrogen) atoms. The molecule has 0 radical (unpaired) electrons. The zero-order valence-electron chi connectivity index (χ0n) is 12.8. The molecule has 1 saturated carbocycles. The van der Waals surface area contributed by atoms with Crippen LogP contribution in [-0.2, 0) is 6.42 Å². The quantitative estimate of drug-likeness (QED) is 0.777. The lowest BCUT2D eigenvalue weighted by molar-refractivity contribution is 0.639. The minimum atomic E-state index is -0.131. The fraction of sp³-hybridized carbons (Fsp3) is 0.438. The number of nitrogens with zero attached hydrogens (tertiary/aromatic N) is 3. The van der Waals surface area contributed by atoms with Crippen LogP contribution in [0.3, 0.4) is 0 Å². The molecule has 0 aromatic carbocycles. The third-order valence-corrected chi connectivity index (χ3v) is 5.70. The molecular weight excluding hydrogens is 332 g/mol. The van der Waals surface area contributed by atoms with E-state index in [1.54, 1.807) is 4.52 Å². The largest absolute Gasteiger partial charge is 0.303 e. The van der Waals surface area contributed by atoms with Gasteiger partial charge in [0.25, 0.3) is 5.56 Å². The van der Waals surface area contributed by atoms with Crippen molar-refractivity contribution in [1.82, 2.24) is 19.6 Å². The Morgan fingerprint density at radius 3 is 2.83 bits per heavy atom. The number of rotatable bonds is 3. The van der Waals surface area contributed by atoms with Crippen LogP contribution in [0, 0.1) is 0 Å². The van der Waals surface area contributed by atoms with Gasteiger partial charge in [0, 0.05) is 5.92 Å². The Morgan fingerprint density at radius 2 is 2.17 bits per heavy atom. The van der Waals surface area contributed by atoms with Crippen LogP contribution < -0.4 is 5.56 Å². The van der Waals surface area contributed by atoms with Crippen LogP contribution in [0.1, 0.15) is 50.0 Å². The SMILES string of the molecule is CCc1nc(C2CCCC2)n2nc(-c3ccc(Cl)s3)[nH]c(=O)c12. The summed E-state index contributed by atoms with van der Waals surface area (Å²) in [6, 6.07) is 3.69. The first kappa shape index (κ1) is 14.9. The Balaban J connectivity index is 1.96. The summed E-state index contributed by atoms with van der Waals surface area (Å²) < 4.78 is 2.45. The van der Waals surface area contributed by atoms with Gasteiger partial charge in [-0.15, -0.1) is 16.4 Å². The number of thiophene rings is 1. The molecule has 0 atom stereocenters. The Labute approximate surface area is 142 Å². The van der Waals surface area contributed by atoms with E-state index in [1.807, 2.05) is 19.1 Å². The summed E-state index contributed by atoms with van der Waals surface area (Å²) in [5.41, 5.74) is 1.28. The van der Waals surface area contributed by atoms with Gasteiger partial charge < -0.3 is 4.98 Å². The average molecular weight is 349 g/mol. The molecule has 0 amide bonds. The van der Waals surface area contributed by atoms with Gasteiger partial charge in [0.1, 0.15) is 5.82 Å². The number of fused-ring (bicyclic) bond motifs is 1. The third kappa shape index (κ3) is 2.50. The Bertz CT molecular complexity index is 920. The van der Waals surface area contributed by atoms with Crippen molar-refractivity contribution in [2.75, 3.05) is 0 Å². The van der Waals surface area contributed by atoms with Crippen LogP contribution in [0.5, 0.6) is 0 Å². The highest BCUT2D eigenvalue weighted by Gasteiger charge is 2.25. The van der Waals surface area contributed by atoms with Gasteiger partial charge in [-0.3, -0.25) is 4.79 Å². The van der Waals surface area contributed by atoms with Crippen molar-refractivity contribution in [3.63, 3.8) is 0 Å². The molecule has 1 aliphatic rings. The predicted molar refractivity (Wildman–Crippen MR) is 92.5 cm³/mol. The first-order valence-electron chi connectivity index (χ1n) is 7.95. The van der Waals surface area contributed by atoms with Crippen LogP contribution in [0.4, 0.5) is 0 Å². The van der Waals surface area contributed by atoms with Gasteiger partial charge in [-0.1, -0.05) is 31.4 Å². The molecule has 3 aromatic rings. The second kappa shape index (κ2) is 5.76. The normalized spacial score (nSPS) is 15.7. The number of imidazole rings is 1. The second-order valence-electron chi connectivity index (χ2n) is 5.92. The Kier molecular flexibility index (Phi) is 3.73. The van der Waals surface area contributed by atoms with Crippen molar-refractivity contribution in [2.24, 2.45) is 0 Å². The second-order valence-corrected chi connectivity index (χ2v) is 7.63. The third-order valence-electron chi connectivity index (χ3n) is 4.46. The summed E-state index contributed by atoms with van der Waals surface area (Å²) in [7, 11) is 0. The summed E-state index contributed by atoms with van der Waals surface area (Å²) in [5.74, 6) is 1.89. The van der Waals surface area contributed by atoms with Crippen molar-refractivity contribution < 1.29 is 0 Å². The van der Waals surface area contributed by atoms with Gasteiger partial charge in [-0.05, 0) is 31.4 Å². The van der Waals surface area contributed by atoms with E-state index in [1.165, 1.54) is 24.2 Å². The number of H-pyrrole nitrogens is 1. The average Bonchev–Trinajstić information content (AvgIpc) is 3.25. The van der Waals surface area contributed by atoms with E-state index >= 15 is 0 Å². The van der Waals surface area contributed by atoms with Gasteiger partial charge in [0.2, 0.25) is 0 Å². The van der Waals surface area contributed by atoms with Gasteiger partial charge in [-0.25, -0.2) is 9.50 Å². The van der Waals surface area contributed by atoms with Crippen molar-refractivity contribution in [3.05, 3.63) is 38.3 Å². The summed E-state index contributed by atoms with van der Waals surface area (Å²) >= 11 is 7.42. The fourth-order valence-corrected chi connectivity index (χ4v) is 4.33. The van der Waals surface area contributed by atoms with Crippen LogP contribution in [0.2, 0.25) is 4.34 Å². The molecule has 120 valence electrons. The maximum absolute atomic E-state index is 12.6. The van der Waals surface area contributed by atoms with E-state index in [4.69, 9.17) is 16.6 Å². The van der Waals surface area contributed by atoms with E-state index in [9.17, 15) is 4.79 Å². The number of aromatic amines is 1. The predicted octanol–water partition coefficient (Wildman–Crippen LogP) is 4.02. The summed E-state index contributed by atoms with van der Waals surface area (Å²) in [5, 5.41) is 4.68. The van der Waals surface area contributed by atoms with E-state index in [0.29, 0.717) is 21.6 Å². The summed E-state index contributed by atoms with van der Waals surface area (Å²) in [4.78, 5) is 21.1. The molecule has 0 spiro atoms. The maximum Gasteiger partial charge on any atom is 0.277 e. The molecule has 1 N–H and O–H groups in total. The monoisotopic (exact) mass is 348 g/mol. The lowest BCUT2D eigenvalue weighted by Crippen LogP contribution is -2.16. The topological polar surface area (TPSA) is 63.1 Å². The molecule has 0 bridgehead atoms. The molecule has 1 fully saturated rings. The lowest BCUT2D eigenvalue weighted by atomic mass is 10.1. The van der Waals surface area contributed by atoms with Gasteiger partial charge in [0.05, 0.1) is 14.9 Å². The van der Waals surface area contributed by atoms with Gasteiger partial charge >= 0.3 is 0 Å². The number of aryl methyl sites for hydroxylation is 1. The molecule has 5 nitrogen and oxygen atoms in total. The molecule has 3 heterocycles. The highest BCUT2D eigenvalue weighted by Crippen LogP contribution is 2.34. The van der Waals surface area contributed by atoms with Crippen molar-refractivity contribution in [3.8, 4) is 10.7 Å². The van der Waals surface area contributed by atoms with Crippen molar-refractivity contribution in [2.45, 2.75) is 44.9 Å². The van der Waals surface area contributed by atoms with Crippen molar-refractivity contribution in [1.29, 1.82) is 0 Å². The molecular formula is C16H17ClN4OS. The van der Waals surface area contributed by atoms with Crippen LogP contribution in [0.15, 0.2) is 16.9 Å². The molecule has 7 heteroatoms. The lowest BCUT2D eigenvalue weighted by Gasteiger charge is -2.07. The molecule has 3 aromatic heterocycles. The number of hydrogen-bond donors (Lipinski definition) is 1. The molecule has 0 unspecified atom stereocenters. The zero-order valence-corrected chi connectivity index (χ0v) is 14.4. The number of nitrogens with one attached hydrogen (secondary N) is 1. The van der Waals surface area contributed by atoms with E-state index in [0.717, 1.165) is 35.7 Å². The van der Waals surface area contributed by atoms with Crippen LogP contribution in [0.25, 0.3) is 16.2 Å². The summed E-state index contributed by atoms with van der Waals surface area (Å²) in [6.07, 6.45) is 5.41. The van der Waals surface area contributed by atoms with E-state index in [2.05, 4.69) is 10.1 Å². The maximum atomic E-state index is 12.6. The molecule has 0 aliphatic heterocycles. The Morgan fingerprint density at radius 1 is 1.39 bits per heavy atom. The molecule has 1 aliphatic carbocycles. The fourth-order valence-electron chi connectivity index (χ4n) is 3.34. The first-order chi connectivity index (χ1) is 11.2. The number of hydrogen-bond acceptors (Lipinski definition) is 4. The van der Waals surface area contributed by atoms with Gasteiger partial charge in [-0.2, -0.15) is 0 Å². The Hall–Kier alpha value is -1.66. The highest BCUT2D eigenvalue weighted by atomic mass is 35.5. The standard InChI is InChI=1S/C16H17ClN4OS/c1-2-10-13-16(22)19-14(11-7-8-12(17)23-11)20-21(13)15(18-10)9-5-3-4-6-9/h7-9H,2-6H2,1H3,(H,19,20,22). The minimum Gasteiger partial charge on any atom is -0.303 e. The smallest absolute Gasteiger partial charge is 0.277 e.